The van der Waals surface area contributed by atoms with E-state index in [1.807, 2.05) is 14.0 Å². The number of rotatable bonds is 4. The summed E-state index contributed by atoms with van der Waals surface area (Å²) in [5, 5.41) is 11.4. The lowest BCUT2D eigenvalue weighted by Gasteiger charge is -2.18. The number of nitrogens with one attached hydrogen (secondary N) is 1. The summed E-state index contributed by atoms with van der Waals surface area (Å²) in [7, 11) is 1.82. The van der Waals surface area contributed by atoms with Crippen LogP contribution in [0, 0.1) is 5.82 Å². The summed E-state index contributed by atoms with van der Waals surface area (Å²) in [6.45, 7) is 2.70. The molecule has 0 radical (unpaired) electrons. The number of hydrogen-bond donors (Lipinski definition) is 1. The normalized spacial score (nSPS) is 12.7. The molecule has 0 fully saturated rings. The van der Waals surface area contributed by atoms with E-state index in [2.05, 4.69) is 15.6 Å². The highest BCUT2D eigenvalue weighted by molar-refractivity contribution is 6.31. The summed E-state index contributed by atoms with van der Waals surface area (Å²) in [4.78, 5) is 0. The van der Waals surface area contributed by atoms with Crippen LogP contribution in [0.2, 0.25) is 5.02 Å². The Hall–Kier alpha value is -1.46. The summed E-state index contributed by atoms with van der Waals surface area (Å²) >= 11 is 6.09. The summed E-state index contributed by atoms with van der Waals surface area (Å²) in [6.07, 6.45) is 1.68. The molecule has 1 atom stereocenters. The smallest absolute Gasteiger partial charge is 0.124 e. The molecule has 1 N–H and O–H groups in total. The molecule has 1 heterocycles. The molecule has 0 spiro atoms. The molecular formula is C12H14ClFN4. The largest absolute Gasteiger partial charge is 0.308 e. The Morgan fingerprint density at radius 1 is 1.50 bits per heavy atom. The Balaban J connectivity index is 2.45. The molecule has 18 heavy (non-hydrogen) atoms. The van der Waals surface area contributed by atoms with E-state index in [9.17, 15) is 4.39 Å². The lowest BCUT2D eigenvalue weighted by atomic mass is 10.0. The lowest BCUT2D eigenvalue weighted by Crippen LogP contribution is -2.21. The van der Waals surface area contributed by atoms with E-state index in [1.54, 1.807) is 16.9 Å². The fourth-order valence-electron chi connectivity index (χ4n) is 1.93. The summed E-state index contributed by atoms with van der Waals surface area (Å²) < 4.78 is 14.8. The molecule has 0 aliphatic carbocycles. The van der Waals surface area contributed by atoms with Gasteiger partial charge in [0.25, 0.3) is 0 Å². The number of halogens is 2. The van der Waals surface area contributed by atoms with Gasteiger partial charge in [0.1, 0.15) is 5.82 Å². The van der Waals surface area contributed by atoms with Gasteiger partial charge in [-0.15, -0.1) is 5.10 Å². The first-order valence-electron chi connectivity index (χ1n) is 5.68. The number of nitrogens with zero attached hydrogens (tertiary/aromatic N) is 3. The van der Waals surface area contributed by atoms with Crippen LogP contribution in [0.3, 0.4) is 0 Å². The molecule has 1 unspecified atom stereocenters. The summed E-state index contributed by atoms with van der Waals surface area (Å²) in [6, 6.07) is 4.21. The molecule has 0 saturated carbocycles. The van der Waals surface area contributed by atoms with Crippen LogP contribution < -0.4 is 5.32 Å². The molecule has 2 rings (SSSR count). The fourth-order valence-corrected chi connectivity index (χ4v) is 2.21. The van der Waals surface area contributed by atoms with Gasteiger partial charge < -0.3 is 5.32 Å². The number of aromatic nitrogens is 3. The maximum Gasteiger partial charge on any atom is 0.124 e. The van der Waals surface area contributed by atoms with Crippen LogP contribution in [0.5, 0.6) is 0 Å². The van der Waals surface area contributed by atoms with Crippen LogP contribution in [0.1, 0.15) is 24.2 Å². The molecule has 0 aliphatic heterocycles. The maximum absolute atomic E-state index is 13.1. The van der Waals surface area contributed by atoms with Crippen LogP contribution in [0.4, 0.5) is 4.39 Å². The third-order valence-electron chi connectivity index (χ3n) is 2.81. The third-order valence-corrected chi connectivity index (χ3v) is 3.13. The van der Waals surface area contributed by atoms with Crippen LogP contribution in [-0.2, 0) is 6.54 Å². The van der Waals surface area contributed by atoms with E-state index in [0.717, 1.165) is 11.3 Å². The van der Waals surface area contributed by atoms with Gasteiger partial charge in [0.2, 0.25) is 0 Å². The Morgan fingerprint density at radius 3 is 2.89 bits per heavy atom. The Bertz CT molecular complexity index is 541. The average molecular weight is 269 g/mol. The van der Waals surface area contributed by atoms with Crippen molar-refractivity contribution in [3.05, 3.63) is 46.5 Å². The molecule has 6 heteroatoms. The second-order valence-electron chi connectivity index (χ2n) is 3.86. The van der Waals surface area contributed by atoms with Crippen molar-refractivity contribution in [1.29, 1.82) is 0 Å². The van der Waals surface area contributed by atoms with Crippen LogP contribution in [-0.4, -0.2) is 22.0 Å². The highest BCUT2D eigenvalue weighted by Crippen LogP contribution is 2.28. The van der Waals surface area contributed by atoms with Crippen molar-refractivity contribution >= 4 is 11.6 Å². The molecule has 0 aliphatic rings. The number of benzene rings is 1. The zero-order valence-electron chi connectivity index (χ0n) is 10.2. The molecule has 0 saturated heterocycles. The quantitative estimate of drug-likeness (QED) is 0.926. The van der Waals surface area contributed by atoms with Gasteiger partial charge in [-0.25, -0.2) is 9.07 Å². The van der Waals surface area contributed by atoms with Crippen molar-refractivity contribution < 1.29 is 4.39 Å². The average Bonchev–Trinajstić information content (AvgIpc) is 2.81. The van der Waals surface area contributed by atoms with E-state index in [-0.39, 0.29) is 11.9 Å². The second kappa shape index (κ2) is 5.46. The number of hydrogen-bond acceptors (Lipinski definition) is 3. The molecule has 1 aromatic carbocycles. The summed E-state index contributed by atoms with van der Waals surface area (Å²) in [5.74, 6) is -0.347. The van der Waals surface area contributed by atoms with Gasteiger partial charge in [-0.2, -0.15) is 0 Å². The van der Waals surface area contributed by atoms with E-state index in [4.69, 9.17) is 11.6 Å². The van der Waals surface area contributed by atoms with E-state index < -0.39 is 0 Å². The molecule has 4 nitrogen and oxygen atoms in total. The predicted octanol–water partition coefficient (Wildman–Crippen LogP) is 2.40. The molecular weight excluding hydrogens is 255 g/mol. The van der Waals surface area contributed by atoms with Crippen molar-refractivity contribution in [3.8, 4) is 0 Å². The zero-order valence-corrected chi connectivity index (χ0v) is 10.9. The highest BCUT2D eigenvalue weighted by atomic mass is 35.5. The van der Waals surface area contributed by atoms with Gasteiger partial charge >= 0.3 is 0 Å². The van der Waals surface area contributed by atoms with Crippen molar-refractivity contribution in [2.45, 2.75) is 19.5 Å². The summed E-state index contributed by atoms with van der Waals surface area (Å²) in [5.41, 5.74) is 1.70. The van der Waals surface area contributed by atoms with Crippen molar-refractivity contribution in [3.63, 3.8) is 0 Å². The molecule has 2 aromatic rings. The van der Waals surface area contributed by atoms with E-state index in [1.165, 1.54) is 12.1 Å². The van der Waals surface area contributed by atoms with Crippen LogP contribution in [0.15, 0.2) is 24.4 Å². The van der Waals surface area contributed by atoms with Crippen molar-refractivity contribution in [2.75, 3.05) is 7.05 Å². The highest BCUT2D eigenvalue weighted by Gasteiger charge is 2.19. The van der Waals surface area contributed by atoms with Gasteiger partial charge in [-0.05, 0) is 31.7 Å². The van der Waals surface area contributed by atoms with Gasteiger partial charge in [-0.1, -0.05) is 22.9 Å². The first-order chi connectivity index (χ1) is 8.67. The molecule has 0 bridgehead atoms. The molecule has 96 valence electrons. The van der Waals surface area contributed by atoms with Gasteiger partial charge in [0.15, 0.2) is 0 Å². The maximum atomic E-state index is 13.1. The Labute approximate surface area is 110 Å². The minimum atomic E-state index is -0.347. The molecule has 1 aromatic heterocycles. The van der Waals surface area contributed by atoms with Gasteiger partial charge in [0, 0.05) is 11.6 Å². The second-order valence-corrected chi connectivity index (χ2v) is 4.27. The molecule has 0 amide bonds. The lowest BCUT2D eigenvalue weighted by molar-refractivity contribution is 0.551. The third kappa shape index (κ3) is 2.37. The van der Waals surface area contributed by atoms with Crippen molar-refractivity contribution in [2.24, 2.45) is 0 Å². The topological polar surface area (TPSA) is 42.7 Å². The van der Waals surface area contributed by atoms with Crippen LogP contribution in [0.25, 0.3) is 0 Å². The fraction of sp³-hybridized carbons (Fsp3) is 0.333. The van der Waals surface area contributed by atoms with Gasteiger partial charge in [0.05, 0.1) is 17.9 Å². The van der Waals surface area contributed by atoms with Gasteiger partial charge in [-0.3, -0.25) is 0 Å². The van der Waals surface area contributed by atoms with E-state index in [0.29, 0.717) is 11.6 Å². The predicted molar refractivity (Wildman–Crippen MR) is 68.0 cm³/mol. The minimum Gasteiger partial charge on any atom is -0.308 e. The monoisotopic (exact) mass is 268 g/mol. The zero-order chi connectivity index (χ0) is 13.1. The first-order valence-corrected chi connectivity index (χ1v) is 6.05. The minimum absolute atomic E-state index is 0.159. The van der Waals surface area contributed by atoms with Crippen molar-refractivity contribution in [1.82, 2.24) is 20.3 Å². The Kier molecular flexibility index (Phi) is 3.93. The standard InChI is InChI=1S/C12H14ClFN4/c1-3-18-11(7-16-17-18)12(15-2)9-5-4-8(14)6-10(9)13/h4-7,12,15H,3H2,1-2H3. The van der Waals surface area contributed by atoms with E-state index >= 15 is 0 Å². The first kappa shape index (κ1) is 13.0. The number of aryl methyl sites for hydroxylation is 1. The van der Waals surface area contributed by atoms with Crippen LogP contribution >= 0.6 is 11.6 Å². The Morgan fingerprint density at radius 2 is 2.28 bits per heavy atom. The SMILES string of the molecule is CCn1nncc1C(NC)c1ccc(F)cc1Cl.